The summed E-state index contributed by atoms with van der Waals surface area (Å²) >= 11 is 1.55. The van der Waals surface area contributed by atoms with Crippen LogP contribution in [0.4, 0.5) is 4.39 Å². The molecule has 176 valence electrons. The summed E-state index contributed by atoms with van der Waals surface area (Å²) in [5.41, 5.74) is 7.76. The largest absolute Gasteiger partial charge is 0.490 e. The van der Waals surface area contributed by atoms with Crippen molar-refractivity contribution in [3.63, 3.8) is 0 Å². The van der Waals surface area contributed by atoms with Gasteiger partial charge in [-0.15, -0.1) is 0 Å². The maximum Gasteiger partial charge on any atom is 0.225 e. The summed E-state index contributed by atoms with van der Waals surface area (Å²) in [5.74, 6) is 1.20. The van der Waals surface area contributed by atoms with Gasteiger partial charge in [-0.3, -0.25) is 14.8 Å². The van der Waals surface area contributed by atoms with Gasteiger partial charge >= 0.3 is 0 Å². The molecule has 1 aromatic heterocycles. The van der Waals surface area contributed by atoms with Gasteiger partial charge in [0.2, 0.25) is 5.91 Å². The zero-order valence-corrected chi connectivity index (χ0v) is 20.3. The van der Waals surface area contributed by atoms with Gasteiger partial charge in [0.1, 0.15) is 23.2 Å². The fourth-order valence-corrected chi connectivity index (χ4v) is 5.24. The Morgan fingerprint density at radius 3 is 2.79 bits per heavy atom. The van der Waals surface area contributed by atoms with Crippen LogP contribution in [0.15, 0.2) is 41.7 Å². The minimum absolute atomic E-state index is 0.0385. The molecule has 0 bridgehead atoms. The van der Waals surface area contributed by atoms with Crippen LogP contribution in [0, 0.1) is 11.2 Å². The summed E-state index contributed by atoms with van der Waals surface area (Å²) in [4.78, 5) is 21.1. The maximum atomic E-state index is 13.7. The molecule has 0 fully saturated rings. The summed E-state index contributed by atoms with van der Waals surface area (Å²) in [5, 5.41) is 3.67. The number of hydrogen-bond donors (Lipinski definition) is 2. The number of rotatable bonds is 5. The number of pyridine rings is 1. The molecule has 1 aromatic carbocycles. The maximum absolute atomic E-state index is 13.7. The lowest BCUT2D eigenvalue weighted by Crippen LogP contribution is -2.42. The molecule has 1 amide bonds. The Hall–Kier alpha value is -2.61. The molecule has 0 aliphatic carbocycles. The summed E-state index contributed by atoms with van der Waals surface area (Å²) in [6.07, 6.45) is 5.11. The summed E-state index contributed by atoms with van der Waals surface area (Å²) in [6, 6.07) is 7.40. The van der Waals surface area contributed by atoms with Gasteiger partial charge < -0.3 is 15.8 Å². The SMILES string of the molecule is C[C@@H](CC[C@H]1CC2(CSC(N)=N2)c2cc(-c3cncc(F)c3)ccc2O1)NC(=O)C(C)(C)C. The van der Waals surface area contributed by atoms with Gasteiger partial charge in [0.15, 0.2) is 5.17 Å². The number of nitrogens with one attached hydrogen (secondary N) is 1. The van der Waals surface area contributed by atoms with Crippen LogP contribution in [0.2, 0.25) is 0 Å². The molecule has 8 heteroatoms. The Balaban J connectivity index is 1.55. The van der Waals surface area contributed by atoms with Crippen LogP contribution in [-0.4, -0.2) is 34.0 Å². The monoisotopic (exact) mass is 470 g/mol. The third-order valence-electron chi connectivity index (χ3n) is 6.14. The summed E-state index contributed by atoms with van der Waals surface area (Å²) in [6.45, 7) is 7.76. The number of nitrogens with two attached hydrogens (primary N) is 1. The number of amides is 1. The lowest BCUT2D eigenvalue weighted by atomic mass is 9.81. The van der Waals surface area contributed by atoms with Crippen LogP contribution in [0.5, 0.6) is 5.75 Å². The van der Waals surface area contributed by atoms with Crippen LogP contribution in [0.1, 0.15) is 52.5 Å². The topological polar surface area (TPSA) is 89.6 Å². The first-order valence-corrected chi connectivity index (χ1v) is 12.3. The van der Waals surface area contributed by atoms with E-state index in [9.17, 15) is 9.18 Å². The van der Waals surface area contributed by atoms with Gasteiger partial charge in [-0.25, -0.2) is 4.39 Å². The highest BCUT2D eigenvalue weighted by Gasteiger charge is 2.45. The van der Waals surface area contributed by atoms with Crippen LogP contribution in [0.25, 0.3) is 11.1 Å². The molecule has 1 unspecified atom stereocenters. The molecule has 3 heterocycles. The van der Waals surface area contributed by atoms with Crippen molar-refractivity contribution in [3.8, 4) is 16.9 Å². The molecule has 4 rings (SSSR count). The molecular weight excluding hydrogens is 439 g/mol. The number of thioether (sulfide) groups is 1. The smallest absolute Gasteiger partial charge is 0.225 e. The van der Waals surface area contributed by atoms with E-state index < -0.39 is 11.0 Å². The van der Waals surface area contributed by atoms with Crippen molar-refractivity contribution in [3.05, 3.63) is 48.0 Å². The number of fused-ring (bicyclic) bond motifs is 2. The Morgan fingerprint density at radius 2 is 2.12 bits per heavy atom. The number of aliphatic imine (C=N–C) groups is 1. The van der Waals surface area contributed by atoms with Crippen LogP contribution in [-0.2, 0) is 10.3 Å². The first-order valence-electron chi connectivity index (χ1n) is 11.3. The van der Waals surface area contributed by atoms with Crippen LogP contribution >= 0.6 is 11.8 Å². The number of benzene rings is 1. The molecule has 6 nitrogen and oxygen atoms in total. The van der Waals surface area contributed by atoms with Crippen molar-refractivity contribution in [2.75, 3.05) is 5.75 Å². The highest BCUT2D eigenvalue weighted by molar-refractivity contribution is 8.14. The molecule has 3 N–H and O–H groups in total. The zero-order chi connectivity index (χ0) is 23.8. The van der Waals surface area contributed by atoms with Gasteiger partial charge in [0, 0.05) is 41.0 Å². The van der Waals surface area contributed by atoms with E-state index >= 15 is 0 Å². The standard InChI is InChI=1S/C25H31FN4O2S/c1-15(29-22(31)24(2,3)4)5-7-19-11-25(14-33-23(27)30-25)20-10-16(6-8-21(20)32-19)17-9-18(26)13-28-12-17/h6,8-10,12-13,15,19H,5,7,11,14H2,1-4H3,(H2,27,30)(H,29,31)/t15-,19-,25?/m0/s1. The van der Waals surface area contributed by atoms with Crippen LogP contribution in [0.3, 0.4) is 0 Å². The predicted molar refractivity (Wildman–Crippen MR) is 131 cm³/mol. The van der Waals surface area contributed by atoms with E-state index in [1.165, 1.54) is 12.3 Å². The minimum Gasteiger partial charge on any atom is -0.490 e. The number of ether oxygens (including phenoxy) is 1. The molecule has 2 aliphatic heterocycles. The molecule has 1 spiro atoms. The number of carbonyl (C=O) groups is 1. The number of nitrogens with zero attached hydrogens (tertiary/aromatic N) is 2. The molecule has 2 aliphatic rings. The summed E-state index contributed by atoms with van der Waals surface area (Å²) < 4.78 is 20.1. The average molecular weight is 471 g/mol. The second-order valence-electron chi connectivity index (χ2n) is 10.0. The minimum atomic E-state index is -0.471. The lowest BCUT2D eigenvalue weighted by Gasteiger charge is -2.38. The number of halogens is 1. The molecule has 33 heavy (non-hydrogen) atoms. The van der Waals surface area contributed by atoms with E-state index in [4.69, 9.17) is 15.5 Å². The van der Waals surface area contributed by atoms with Crippen molar-refractivity contribution in [1.29, 1.82) is 0 Å². The van der Waals surface area contributed by atoms with Gasteiger partial charge in [0.05, 0.1) is 6.20 Å². The Labute approximate surface area is 198 Å². The van der Waals surface area contributed by atoms with E-state index in [-0.39, 0.29) is 23.9 Å². The fraction of sp³-hybridized carbons (Fsp3) is 0.480. The highest BCUT2D eigenvalue weighted by atomic mass is 32.2. The first-order chi connectivity index (χ1) is 15.6. The lowest BCUT2D eigenvalue weighted by molar-refractivity contribution is -0.129. The predicted octanol–water partition coefficient (Wildman–Crippen LogP) is 4.63. The van der Waals surface area contributed by atoms with E-state index in [1.54, 1.807) is 18.0 Å². The Morgan fingerprint density at radius 1 is 1.33 bits per heavy atom. The molecule has 3 atom stereocenters. The second-order valence-corrected chi connectivity index (χ2v) is 11.0. The quantitative estimate of drug-likeness (QED) is 0.665. The van der Waals surface area contributed by atoms with E-state index in [0.29, 0.717) is 17.2 Å². The molecule has 0 saturated carbocycles. The third kappa shape index (κ3) is 5.16. The molecule has 0 radical (unpaired) electrons. The van der Waals surface area contributed by atoms with Crippen molar-refractivity contribution in [2.45, 2.75) is 64.6 Å². The van der Waals surface area contributed by atoms with Gasteiger partial charge in [-0.1, -0.05) is 38.6 Å². The van der Waals surface area contributed by atoms with Crippen molar-refractivity contribution < 1.29 is 13.9 Å². The van der Waals surface area contributed by atoms with Gasteiger partial charge in [-0.05, 0) is 43.5 Å². The Kier molecular flexibility index (Phi) is 6.40. The second kappa shape index (κ2) is 8.97. The van der Waals surface area contributed by atoms with Crippen LogP contribution < -0.4 is 15.8 Å². The normalized spacial score (nSPS) is 22.9. The van der Waals surface area contributed by atoms with E-state index in [0.717, 1.165) is 35.5 Å². The fourth-order valence-electron chi connectivity index (χ4n) is 4.27. The van der Waals surface area contributed by atoms with Gasteiger partial charge in [0.25, 0.3) is 0 Å². The van der Waals surface area contributed by atoms with Crippen molar-refractivity contribution in [2.24, 2.45) is 16.1 Å². The molecule has 2 aromatic rings. The Bertz CT molecular complexity index is 1080. The van der Waals surface area contributed by atoms with Crippen molar-refractivity contribution in [1.82, 2.24) is 10.3 Å². The number of aromatic nitrogens is 1. The molecular formula is C25H31FN4O2S. The van der Waals surface area contributed by atoms with E-state index in [2.05, 4.69) is 10.3 Å². The number of amidine groups is 1. The van der Waals surface area contributed by atoms with E-state index in [1.807, 2.05) is 45.9 Å². The number of carbonyl (C=O) groups excluding carboxylic acids is 1. The average Bonchev–Trinajstić information content (AvgIpc) is 3.12. The molecule has 0 saturated heterocycles. The third-order valence-corrected chi connectivity index (χ3v) is 7.15. The van der Waals surface area contributed by atoms with Gasteiger partial charge in [-0.2, -0.15) is 0 Å². The number of hydrogen-bond acceptors (Lipinski definition) is 6. The summed E-state index contributed by atoms with van der Waals surface area (Å²) in [7, 11) is 0. The van der Waals surface area contributed by atoms with Crippen molar-refractivity contribution >= 4 is 22.8 Å². The zero-order valence-electron chi connectivity index (χ0n) is 19.5. The highest BCUT2D eigenvalue weighted by Crippen LogP contribution is 2.49. The first kappa shape index (κ1) is 23.5.